The van der Waals surface area contributed by atoms with Crippen LogP contribution in [0.5, 0.6) is 0 Å². The van der Waals surface area contributed by atoms with E-state index in [9.17, 15) is 9.65 Å². The van der Waals surface area contributed by atoms with Crippen LogP contribution in [0.1, 0.15) is 30.7 Å². The van der Waals surface area contributed by atoms with Crippen molar-refractivity contribution in [3.05, 3.63) is 60.2 Å². The molecule has 2 aliphatic heterocycles. The molecule has 1 aromatic carbocycles. The largest absolute Gasteiger partial charge is 0.370 e. The quantitative estimate of drug-likeness (QED) is 0.644. The lowest BCUT2D eigenvalue weighted by atomic mass is 9.76. The maximum Gasteiger partial charge on any atom is 0.212 e. The summed E-state index contributed by atoms with van der Waals surface area (Å²) in [6, 6.07) is 11.1. The maximum absolute atomic E-state index is 13.3. The molecule has 1 spiro atoms. The Morgan fingerprint density at radius 1 is 1.07 bits per heavy atom. The third-order valence-electron chi connectivity index (χ3n) is 6.15. The summed E-state index contributed by atoms with van der Waals surface area (Å²) in [6.45, 7) is 2.66. The smallest absolute Gasteiger partial charge is 0.212 e. The second-order valence-electron chi connectivity index (χ2n) is 7.55. The van der Waals surface area contributed by atoms with Crippen molar-refractivity contribution in [2.24, 2.45) is 0 Å². The predicted octanol–water partition coefficient (Wildman–Crippen LogP) is 3.29. The number of benzene rings is 1. The average molecular weight is 374 g/mol. The first kappa shape index (κ1) is 16.9. The highest BCUT2D eigenvalue weighted by Gasteiger charge is 2.44. The molecule has 1 saturated heterocycles. The summed E-state index contributed by atoms with van der Waals surface area (Å²) in [4.78, 5) is 6.07. The second-order valence-corrected chi connectivity index (χ2v) is 7.55. The molecule has 4 heterocycles. The molecule has 0 saturated carbocycles. The van der Waals surface area contributed by atoms with Crippen LogP contribution < -0.4 is 4.90 Å². The van der Waals surface area contributed by atoms with E-state index in [0.717, 1.165) is 61.5 Å². The Morgan fingerprint density at radius 3 is 2.64 bits per heavy atom. The first-order valence-corrected chi connectivity index (χ1v) is 9.48. The third kappa shape index (κ3) is 2.56. The number of nitrogens with zero attached hydrogens (tertiary/aromatic N) is 6. The van der Waals surface area contributed by atoms with Gasteiger partial charge in [-0.3, -0.25) is 0 Å². The summed E-state index contributed by atoms with van der Waals surface area (Å²) in [7, 11) is 0. The van der Waals surface area contributed by atoms with Crippen molar-refractivity contribution in [1.82, 2.24) is 19.7 Å². The molecule has 0 atom stereocenters. The minimum Gasteiger partial charge on any atom is -0.370 e. The van der Waals surface area contributed by atoms with Crippen LogP contribution in [0.4, 0.5) is 10.1 Å². The van der Waals surface area contributed by atoms with E-state index < -0.39 is 5.95 Å². The van der Waals surface area contributed by atoms with E-state index in [1.165, 1.54) is 12.3 Å². The normalized spacial score (nSPS) is 17.5. The van der Waals surface area contributed by atoms with E-state index in [4.69, 9.17) is 0 Å². The number of hydrogen-bond acceptors (Lipinski definition) is 5. The molecule has 28 heavy (non-hydrogen) atoms. The number of rotatable bonds is 2. The molecule has 0 aliphatic carbocycles. The van der Waals surface area contributed by atoms with Crippen LogP contribution in [0.2, 0.25) is 0 Å². The number of halogens is 1. The summed E-state index contributed by atoms with van der Waals surface area (Å²) in [5, 5.41) is 18.2. The van der Waals surface area contributed by atoms with Crippen molar-refractivity contribution in [2.45, 2.75) is 31.2 Å². The number of para-hydroxylation sites is 1. The molecule has 2 aliphatic rings. The molecule has 0 amide bonds. The predicted molar refractivity (Wildman–Crippen MR) is 102 cm³/mol. The van der Waals surface area contributed by atoms with Gasteiger partial charge in [-0.1, -0.05) is 12.1 Å². The van der Waals surface area contributed by atoms with Crippen molar-refractivity contribution < 1.29 is 4.39 Å². The fourth-order valence-electron chi connectivity index (χ4n) is 4.65. The number of nitriles is 1. The van der Waals surface area contributed by atoms with Crippen molar-refractivity contribution in [1.29, 1.82) is 5.26 Å². The SMILES string of the molecule is N#Cc1cccc(-c2ccc(F)nc2)c1N1CCC2(CC1)CCn1cnnc12. The van der Waals surface area contributed by atoms with E-state index in [1.807, 2.05) is 24.5 Å². The first-order chi connectivity index (χ1) is 13.7. The highest BCUT2D eigenvalue weighted by Crippen LogP contribution is 2.44. The zero-order chi connectivity index (χ0) is 19.1. The molecule has 1 fully saturated rings. The summed E-state index contributed by atoms with van der Waals surface area (Å²) >= 11 is 0. The van der Waals surface area contributed by atoms with Gasteiger partial charge in [-0.2, -0.15) is 9.65 Å². The minimum atomic E-state index is -0.507. The van der Waals surface area contributed by atoms with Gasteiger partial charge in [-0.25, -0.2) is 4.98 Å². The van der Waals surface area contributed by atoms with Gasteiger partial charge in [-0.05, 0) is 37.5 Å². The summed E-state index contributed by atoms with van der Waals surface area (Å²) in [5.74, 6) is 0.593. The van der Waals surface area contributed by atoms with Gasteiger partial charge in [-0.15, -0.1) is 10.2 Å². The number of aromatic nitrogens is 4. The number of pyridine rings is 1. The summed E-state index contributed by atoms with van der Waals surface area (Å²) < 4.78 is 15.4. The van der Waals surface area contributed by atoms with Gasteiger partial charge in [0.15, 0.2) is 0 Å². The van der Waals surface area contributed by atoms with Crippen LogP contribution in [0.3, 0.4) is 0 Å². The highest BCUT2D eigenvalue weighted by molar-refractivity contribution is 5.82. The lowest BCUT2D eigenvalue weighted by Crippen LogP contribution is -2.42. The number of fused-ring (bicyclic) bond motifs is 2. The first-order valence-electron chi connectivity index (χ1n) is 9.48. The van der Waals surface area contributed by atoms with Crippen molar-refractivity contribution in [3.63, 3.8) is 0 Å². The van der Waals surface area contributed by atoms with Crippen LogP contribution >= 0.6 is 0 Å². The molecule has 3 aromatic rings. The van der Waals surface area contributed by atoms with Gasteiger partial charge in [0.25, 0.3) is 0 Å². The Labute approximate surface area is 162 Å². The maximum atomic E-state index is 13.3. The van der Waals surface area contributed by atoms with Crippen LogP contribution in [0.25, 0.3) is 11.1 Å². The molecule has 7 heteroatoms. The summed E-state index contributed by atoms with van der Waals surface area (Å²) in [6.07, 6.45) is 6.40. The topological polar surface area (TPSA) is 70.6 Å². The Kier molecular flexibility index (Phi) is 3.86. The third-order valence-corrected chi connectivity index (χ3v) is 6.15. The standard InChI is InChI=1S/C21H19FN6/c22-18-5-4-16(13-24-18)17-3-1-2-15(12-23)19(17)27-9-6-21(7-10-27)8-11-28-14-25-26-20(21)28/h1-5,13-14H,6-11H2. The number of hydrogen-bond donors (Lipinski definition) is 0. The molecule has 5 rings (SSSR count). The average Bonchev–Trinajstić information content (AvgIpc) is 3.33. The van der Waals surface area contributed by atoms with E-state index in [2.05, 4.69) is 30.7 Å². The van der Waals surface area contributed by atoms with Gasteiger partial charge in [0.05, 0.1) is 11.3 Å². The molecule has 2 aromatic heterocycles. The van der Waals surface area contributed by atoms with Gasteiger partial charge in [0.2, 0.25) is 5.95 Å². The van der Waals surface area contributed by atoms with Crippen LogP contribution in [0.15, 0.2) is 42.9 Å². The molecule has 0 N–H and O–H groups in total. The highest BCUT2D eigenvalue weighted by atomic mass is 19.1. The lowest BCUT2D eigenvalue weighted by Gasteiger charge is -2.40. The number of anilines is 1. The number of aryl methyl sites for hydroxylation is 1. The number of piperidine rings is 1. The fourth-order valence-corrected chi connectivity index (χ4v) is 4.65. The van der Waals surface area contributed by atoms with Crippen LogP contribution in [-0.4, -0.2) is 32.8 Å². The molecular weight excluding hydrogens is 355 g/mol. The zero-order valence-corrected chi connectivity index (χ0v) is 15.3. The van der Waals surface area contributed by atoms with Crippen molar-refractivity contribution in [2.75, 3.05) is 18.0 Å². The Bertz CT molecular complexity index is 1060. The molecular formula is C21H19FN6. The van der Waals surface area contributed by atoms with Gasteiger partial charge < -0.3 is 9.47 Å². The fraction of sp³-hybridized carbons (Fsp3) is 0.333. The Morgan fingerprint density at radius 2 is 1.89 bits per heavy atom. The molecule has 0 bridgehead atoms. The van der Waals surface area contributed by atoms with Gasteiger partial charge in [0, 0.05) is 42.4 Å². The van der Waals surface area contributed by atoms with Crippen LogP contribution in [-0.2, 0) is 12.0 Å². The van der Waals surface area contributed by atoms with Crippen LogP contribution in [0, 0.1) is 17.3 Å². The molecule has 140 valence electrons. The van der Waals surface area contributed by atoms with E-state index in [1.54, 1.807) is 6.07 Å². The van der Waals surface area contributed by atoms with E-state index in [-0.39, 0.29) is 5.41 Å². The van der Waals surface area contributed by atoms with Gasteiger partial charge in [0.1, 0.15) is 18.2 Å². The molecule has 6 nitrogen and oxygen atoms in total. The Hall–Kier alpha value is -3.27. The second kappa shape index (κ2) is 6.41. The molecule has 0 unspecified atom stereocenters. The van der Waals surface area contributed by atoms with Crippen molar-refractivity contribution in [3.8, 4) is 17.2 Å². The lowest BCUT2D eigenvalue weighted by molar-refractivity contribution is 0.321. The van der Waals surface area contributed by atoms with Crippen molar-refractivity contribution >= 4 is 5.69 Å². The zero-order valence-electron chi connectivity index (χ0n) is 15.3. The monoisotopic (exact) mass is 374 g/mol. The van der Waals surface area contributed by atoms with Gasteiger partial charge >= 0.3 is 0 Å². The Balaban J connectivity index is 1.49. The molecule has 0 radical (unpaired) electrons. The van der Waals surface area contributed by atoms with E-state index >= 15 is 0 Å². The van der Waals surface area contributed by atoms with E-state index in [0.29, 0.717) is 5.56 Å². The minimum absolute atomic E-state index is 0.0895. The summed E-state index contributed by atoms with van der Waals surface area (Å²) in [5.41, 5.74) is 3.36.